The molecule has 0 amide bonds. The molecule has 1 rings (SSSR count). The van der Waals surface area contributed by atoms with Gasteiger partial charge in [-0.1, -0.05) is 53.4 Å². The number of rotatable bonds is 7. The molecule has 0 spiro atoms. The van der Waals surface area contributed by atoms with Crippen LogP contribution in [0, 0.1) is 17.8 Å². The Morgan fingerprint density at radius 1 is 1.12 bits per heavy atom. The van der Waals surface area contributed by atoms with Crippen molar-refractivity contribution in [1.29, 1.82) is 0 Å². The molecule has 2 atom stereocenters. The Morgan fingerprint density at radius 2 is 1.82 bits per heavy atom. The molecule has 0 aliphatic heterocycles. The minimum Gasteiger partial charge on any atom is -0.314 e. The molecule has 1 fully saturated rings. The van der Waals surface area contributed by atoms with Crippen molar-refractivity contribution in [2.75, 3.05) is 6.54 Å². The van der Waals surface area contributed by atoms with Gasteiger partial charge in [0.25, 0.3) is 0 Å². The monoisotopic (exact) mass is 239 g/mol. The van der Waals surface area contributed by atoms with E-state index in [-0.39, 0.29) is 0 Å². The molecule has 1 nitrogen and oxygen atoms in total. The molecule has 1 N–H and O–H groups in total. The largest absolute Gasteiger partial charge is 0.314 e. The lowest BCUT2D eigenvalue weighted by molar-refractivity contribution is 0.244. The van der Waals surface area contributed by atoms with Crippen LogP contribution in [0.25, 0.3) is 0 Å². The summed E-state index contributed by atoms with van der Waals surface area (Å²) in [5, 5.41) is 3.83. The summed E-state index contributed by atoms with van der Waals surface area (Å²) in [6.45, 7) is 10.6. The second kappa shape index (κ2) is 8.13. The highest BCUT2D eigenvalue weighted by Crippen LogP contribution is 2.29. The third-order valence-corrected chi connectivity index (χ3v) is 4.44. The molecule has 1 aliphatic rings. The van der Waals surface area contributed by atoms with E-state index in [4.69, 9.17) is 0 Å². The van der Waals surface area contributed by atoms with E-state index in [1.165, 1.54) is 51.5 Å². The van der Waals surface area contributed by atoms with Crippen LogP contribution in [0.5, 0.6) is 0 Å². The van der Waals surface area contributed by atoms with E-state index >= 15 is 0 Å². The molecule has 102 valence electrons. The highest BCUT2D eigenvalue weighted by Gasteiger charge is 2.22. The Kier molecular flexibility index (Phi) is 7.18. The van der Waals surface area contributed by atoms with Crippen molar-refractivity contribution < 1.29 is 0 Å². The summed E-state index contributed by atoms with van der Waals surface area (Å²) < 4.78 is 0. The normalized spacial score (nSPS) is 25.8. The van der Waals surface area contributed by atoms with Crippen molar-refractivity contribution in [1.82, 2.24) is 5.32 Å². The van der Waals surface area contributed by atoms with E-state index in [9.17, 15) is 0 Å². The predicted octanol–water partition coefficient (Wildman–Crippen LogP) is 4.62. The highest BCUT2D eigenvalue weighted by atomic mass is 14.9. The zero-order valence-electron chi connectivity index (χ0n) is 12.5. The first-order valence-corrected chi connectivity index (χ1v) is 7.89. The van der Waals surface area contributed by atoms with Gasteiger partial charge in [-0.05, 0) is 43.6 Å². The zero-order valence-corrected chi connectivity index (χ0v) is 12.5. The second-order valence-electron chi connectivity index (χ2n) is 6.45. The molecule has 1 saturated carbocycles. The van der Waals surface area contributed by atoms with Crippen molar-refractivity contribution >= 4 is 0 Å². The zero-order chi connectivity index (χ0) is 12.7. The molecule has 0 heterocycles. The molecule has 1 heteroatoms. The van der Waals surface area contributed by atoms with E-state index in [0.717, 1.165) is 23.8 Å². The number of hydrogen-bond donors (Lipinski definition) is 1. The molecule has 17 heavy (non-hydrogen) atoms. The van der Waals surface area contributed by atoms with Crippen molar-refractivity contribution in [3.05, 3.63) is 0 Å². The van der Waals surface area contributed by atoms with Gasteiger partial charge in [0.15, 0.2) is 0 Å². The average Bonchev–Trinajstić information content (AvgIpc) is 2.30. The predicted molar refractivity (Wildman–Crippen MR) is 77.3 cm³/mol. The van der Waals surface area contributed by atoms with Crippen LogP contribution in [0.15, 0.2) is 0 Å². The first-order chi connectivity index (χ1) is 8.15. The van der Waals surface area contributed by atoms with Gasteiger partial charge in [0.1, 0.15) is 0 Å². The summed E-state index contributed by atoms with van der Waals surface area (Å²) in [6, 6.07) is 0.813. The Hall–Kier alpha value is -0.0400. The molecule has 2 unspecified atom stereocenters. The van der Waals surface area contributed by atoms with E-state index in [1.54, 1.807) is 0 Å². The van der Waals surface area contributed by atoms with Crippen molar-refractivity contribution in [2.45, 2.75) is 78.7 Å². The molecular weight excluding hydrogens is 206 g/mol. The lowest BCUT2D eigenvalue weighted by Crippen LogP contribution is -2.37. The molecule has 0 aromatic carbocycles. The second-order valence-corrected chi connectivity index (χ2v) is 6.45. The number of nitrogens with one attached hydrogen (secondary N) is 1. The standard InChI is InChI=1S/C16H33N/c1-5-14(6-2)12-17-16-9-7-8-15(11-16)10-13(3)4/h13-17H,5-12H2,1-4H3. The smallest absolute Gasteiger partial charge is 0.00698 e. The fourth-order valence-corrected chi connectivity index (χ4v) is 3.27. The molecule has 0 bridgehead atoms. The third-order valence-electron chi connectivity index (χ3n) is 4.44. The van der Waals surface area contributed by atoms with Gasteiger partial charge in [-0.15, -0.1) is 0 Å². The Labute approximate surface area is 109 Å². The highest BCUT2D eigenvalue weighted by molar-refractivity contribution is 4.79. The van der Waals surface area contributed by atoms with Gasteiger partial charge in [0.2, 0.25) is 0 Å². The Bertz CT molecular complexity index is 184. The first kappa shape index (κ1) is 15.0. The molecule has 0 aromatic rings. The van der Waals surface area contributed by atoms with Gasteiger partial charge in [-0.2, -0.15) is 0 Å². The van der Waals surface area contributed by atoms with Gasteiger partial charge >= 0.3 is 0 Å². The summed E-state index contributed by atoms with van der Waals surface area (Å²) in [4.78, 5) is 0. The SMILES string of the molecule is CCC(CC)CNC1CCCC(CC(C)C)C1. The summed E-state index contributed by atoms with van der Waals surface area (Å²) in [7, 11) is 0. The van der Waals surface area contributed by atoms with Gasteiger partial charge in [0, 0.05) is 6.04 Å². The fourth-order valence-electron chi connectivity index (χ4n) is 3.27. The summed E-state index contributed by atoms with van der Waals surface area (Å²) in [5.74, 6) is 2.75. The van der Waals surface area contributed by atoms with Crippen LogP contribution >= 0.6 is 0 Å². The molecule has 1 aliphatic carbocycles. The minimum absolute atomic E-state index is 0.813. The van der Waals surface area contributed by atoms with Crippen LogP contribution in [-0.2, 0) is 0 Å². The van der Waals surface area contributed by atoms with Crippen molar-refractivity contribution in [3.63, 3.8) is 0 Å². The minimum atomic E-state index is 0.813. The average molecular weight is 239 g/mol. The van der Waals surface area contributed by atoms with Gasteiger partial charge < -0.3 is 5.32 Å². The van der Waals surface area contributed by atoms with E-state index in [1.807, 2.05) is 0 Å². The lowest BCUT2D eigenvalue weighted by atomic mass is 9.81. The topological polar surface area (TPSA) is 12.0 Å². The van der Waals surface area contributed by atoms with E-state index < -0.39 is 0 Å². The third kappa shape index (κ3) is 5.90. The fraction of sp³-hybridized carbons (Fsp3) is 1.00. The molecule has 0 radical (unpaired) electrons. The quantitative estimate of drug-likeness (QED) is 0.683. The van der Waals surface area contributed by atoms with Crippen LogP contribution in [0.1, 0.15) is 72.6 Å². The molecule has 0 saturated heterocycles. The van der Waals surface area contributed by atoms with Crippen LogP contribution < -0.4 is 5.32 Å². The maximum Gasteiger partial charge on any atom is 0.00698 e. The van der Waals surface area contributed by atoms with E-state index in [0.29, 0.717) is 0 Å². The van der Waals surface area contributed by atoms with Gasteiger partial charge in [-0.25, -0.2) is 0 Å². The maximum atomic E-state index is 3.83. The van der Waals surface area contributed by atoms with E-state index in [2.05, 4.69) is 33.0 Å². The summed E-state index contributed by atoms with van der Waals surface area (Å²) >= 11 is 0. The first-order valence-electron chi connectivity index (χ1n) is 7.89. The van der Waals surface area contributed by atoms with Crippen LogP contribution in [0.3, 0.4) is 0 Å². The van der Waals surface area contributed by atoms with Crippen LogP contribution in [0.2, 0.25) is 0 Å². The summed E-state index contributed by atoms with van der Waals surface area (Å²) in [5.41, 5.74) is 0. The van der Waals surface area contributed by atoms with Crippen molar-refractivity contribution in [2.24, 2.45) is 17.8 Å². The number of hydrogen-bond acceptors (Lipinski definition) is 1. The Morgan fingerprint density at radius 3 is 2.41 bits per heavy atom. The summed E-state index contributed by atoms with van der Waals surface area (Å²) in [6.07, 6.45) is 9.84. The maximum absolute atomic E-state index is 3.83. The Balaban J connectivity index is 2.24. The van der Waals surface area contributed by atoms with Gasteiger partial charge in [-0.3, -0.25) is 0 Å². The molecular formula is C16H33N. The molecule has 0 aromatic heterocycles. The van der Waals surface area contributed by atoms with Crippen LogP contribution in [0.4, 0.5) is 0 Å². The van der Waals surface area contributed by atoms with Crippen molar-refractivity contribution in [3.8, 4) is 0 Å². The van der Waals surface area contributed by atoms with Gasteiger partial charge in [0.05, 0.1) is 0 Å². The van der Waals surface area contributed by atoms with Crippen LogP contribution in [-0.4, -0.2) is 12.6 Å². The lowest BCUT2D eigenvalue weighted by Gasteiger charge is -2.31.